The molecule has 1 aromatic heterocycles. The SMILES string of the molecule is CC(C)(O)C1CCc2nc(NS(=O)(=O)c3ccccc3)sc2C1. The lowest BCUT2D eigenvalue weighted by Crippen LogP contribution is -2.34. The van der Waals surface area contributed by atoms with Crippen LogP contribution in [0.4, 0.5) is 5.13 Å². The summed E-state index contributed by atoms with van der Waals surface area (Å²) in [7, 11) is -3.61. The van der Waals surface area contributed by atoms with Gasteiger partial charge in [-0.15, -0.1) is 11.3 Å². The largest absolute Gasteiger partial charge is 0.390 e. The van der Waals surface area contributed by atoms with Crippen molar-refractivity contribution in [2.24, 2.45) is 5.92 Å². The average Bonchev–Trinajstić information content (AvgIpc) is 2.87. The zero-order valence-electron chi connectivity index (χ0n) is 13.1. The number of aryl methyl sites for hydroxylation is 1. The molecule has 0 saturated heterocycles. The van der Waals surface area contributed by atoms with E-state index < -0.39 is 15.6 Å². The summed E-state index contributed by atoms with van der Waals surface area (Å²) in [6, 6.07) is 8.27. The van der Waals surface area contributed by atoms with Crippen molar-refractivity contribution in [2.75, 3.05) is 4.72 Å². The van der Waals surface area contributed by atoms with E-state index in [-0.39, 0.29) is 10.8 Å². The third-order valence-corrected chi connectivity index (χ3v) is 6.73. The number of hydrogen-bond acceptors (Lipinski definition) is 5. The first-order chi connectivity index (χ1) is 10.8. The molecule has 3 rings (SSSR count). The van der Waals surface area contributed by atoms with Crippen molar-refractivity contribution < 1.29 is 13.5 Å². The van der Waals surface area contributed by atoms with Gasteiger partial charge < -0.3 is 5.11 Å². The number of aliphatic hydroxyl groups is 1. The zero-order chi connectivity index (χ0) is 16.7. The number of fused-ring (bicyclic) bond motifs is 1. The molecule has 1 atom stereocenters. The number of benzene rings is 1. The summed E-state index contributed by atoms with van der Waals surface area (Å²) in [5, 5.41) is 10.6. The smallest absolute Gasteiger partial charge is 0.263 e. The maximum atomic E-state index is 12.4. The number of rotatable bonds is 4. The van der Waals surface area contributed by atoms with E-state index in [0.29, 0.717) is 5.13 Å². The Morgan fingerprint density at radius 3 is 2.65 bits per heavy atom. The molecular formula is C16H20N2O3S2. The van der Waals surface area contributed by atoms with Crippen LogP contribution >= 0.6 is 11.3 Å². The van der Waals surface area contributed by atoms with E-state index in [1.165, 1.54) is 11.3 Å². The molecule has 23 heavy (non-hydrogen) atoms. The fraction of sp³-hybridized carbons (Fsp3) is 0.438. The van der Waals surface area contributed by atoms with Crippen LogP contribution in [0.5, 0.6) is 0 Å². The number of anilines is 1. The second kappa shape index (κ2) is 5.89. The van der Waals surface area contributed by atoms with Gasteiger partial charge in [0.1, 0.15) is 0 Å². The zero-order valence-corrected chi connectivity index (χ0v) is 14.7. The highest BCUT2D eigenvalue weighted by Gasteiger charge is 2.32. The van der Waals surface area contributed by atoms with Crippen LogP contribution in [0.25, 0.3) is 0 Å². The van der Waals surface area contributed by atoms with Crippen molar-refractivity contribution in [1.29, 1.82) is 0 Å². The van der Waals surface area contributed by atoms with Gasteiger partial charge in [-0.25, -0.2) is 13.4 Å². The molecular weight excluding hydrogens is 332 g/mol. The lowest BCUT2D eigenvalue weighted by atomic mass is 9.80. The first-order valence-corrected chi connectivity index (χ1v) is 9.84. The molecule has 0 aliphatic heterocycles. The fourth-order valence-electron chi connectivity index (χ4n) is 2.80. The van der Waals surface area contributed by atoms with Gasteiger partial charge in [-0.1, -0.05) is 18.2 Å². The Hall–Kier alpha value is -1.44. The second-order valence-corrected chi connectivity index (χ2v) is 9.17. The van der Waals surface area contributed by atoms with Gasteiger partial charge in [-0.3, -0.25) is 4.72 Å². The van der Waals surface area contributed by atoms with Gasteiger partial charge >= 0.3 is 0 Å². The summed E-state index contributed by atoms with van der Waals surface area (Å²) in [6.07, 6.45) is 2.38. The lowest BCUT2D eigenvalue weighted by molar-refractivity contribution is 0.0113. The molecule has 0 bridgehead atoms. The van der Waals surface area contributed by atoms with Crippen molar-refractivity contribution in [3.8, 4) is 0 Å². The summed E-state index contributed by atoms with van der Waals surface area (Å²) in [6.45, 7) is 3.64. The third-order valence-electron chi connectivity index (χ3n) is 4.21. The van der Waals surface area contributed by atoms with Gasteiger partial charge in [0, 0.05) is 4.88 Å². The molecule has 1 aromatic carbocycles. The highest BCUT2D eigenvalue weighted by atomic mass is 32.2. The van der Waals surface area contributed by atoms with Crippen LogP contribution in [-0.2, 0) is 22.9 Å². The maximum absolute atomic E-state index is 12.4. The van der Waals surface area contributed by atoms with Crippen molar-refractivity contribution in [3.63, 3.8) is 0 Å². The van der Waals surface area contributed by atoms with E-state index in [0.717, 1.165) is 29.8 Å². The number of thiazole rings is 1. The van der Waals surface area contributed by atoms with E-state index in [1.807, 2.05) is 13.8 Å². The summed E-state index contributed by atoms with van der Waals surface area (Å²) < 4.78 is 27.3. The number of nitrogens with zero attached hydrogens (tertiary/aromatic N) is 1. The monoisotopic (exact) mass is 352 g/mol. The van der Waals surface area contributed by atoms with Gasteiger partial charge in [0.25, 0.3) is 10.0 Å². The molecule has 7 heteroatoms. The summed E-state index contributed by atoms with van der Waals surface area (Å²) in [4.78, 5) is 5.71. The predicted octanol–water partition coefficient (Wildman–Crippen LogP) is 2.82. The van der Waals surface area contributed by atoms with E-state index >= 15 is 0 Å². The Bertz CT molecular complexity index is 792. The van der Waals surface area contributed by atoms with E-state index in [2.05, 4.69) is 9.71 Å². The minimum atomic E-state index is -3.61. The number of nitrogens with one attached hydrogen (secondary N) is 1. The summed E-state index contributed by atoms with van der Waals surface area (Å²) >= 11 is 1.36. The quantitative estimate of drug-likeness (QED) is 0.887. The molecule has 124 valence electrons. The predicted molar refractivity (Wildman–Crippen MR) is 91.2 cm³/mol. The molecule has 2 aromatic rings. The second-order valence-electron chi connectivity index (χ2n) is 6.40. The molecule has 2 N–H and O–H groups in total. The van der Waals surface area contributed by atoms with Gasteiger partial charge in [-0.05, 0) is 51.2 Å². The highest BCUT2D eigenvalue weighted by molar-refractivity contribution is 7.93. The van der Waals surface area contributed by atoms with Crippen LogP contribution in [0.2, 0.25) is 0 Å². The molecule has 0 fully saturated rings. The summed E-state index contributed by atoms with van der Waals surface area (Å²) in [5.41, 5.74) is 0.215. The van der Waals surface area contributed by atoms with Crippen LogP contribution < -0.4 is 4.72 Å². The third kappa shape index (κ3) is 3.57. The normalized spacial score (nSPS) is 18.5. The maximum Gasteiger partial charge on any atom is 0.263 e. The van der Waals surface area contributed by atoms with Crippen LogP contribution in [0, 0.1) is 5.92 Å². The van der Waals surface area contributed by atoms with E-state index in [9.17, 15) is 13.5 Å². The Morgan fingerprint density at radius 2 is 2.00 bits per heavy atom. The molecule has 0 spiro atoms. The Kier molecular flexibility index (Phi) is 4.20. The Balaban J connectivity index is 1.81. The standard InChI is InChI=1S/C16H20N2O3S2/c1-16(2,19)11-8-9-13-14(10-11)22-15(17-13)18-23(20,21)12-6-4-3-5-7-12/h3-7,11,19H,8-10H2,1-2H3,(H,17,18). The van der Waals surface area contributed by atoms with E-state index in [4.69, 9.17) is 0 Å². The number of hydrogen-bond donors (Lipinski definition) is 2. The molecule has 0 amide bonds. The summed E-state index contributed by atoms with van der Waals surface area (Å²) in [5.74, 6) is 0.175. The highest BCUT2D eigenvalue weighted by Crippen LogP contribution is 2.37. The van der Waals surface area contributed by atoms with Gasteiger partial charge in [0.15, 0.2) is 5.13 Å². The van der Waals surface area contributed by atoms with Crippen molar-refractivity contribution in [1.82, 2.24) is 4.98 Å². The average molecular weight is 352 g/mol. The first-order valence-electron chi connectivity index (χ1n) is 7.54. The molecule has 1 heterocycles. The van der Waals surface area contributed by atoms with Crippen LogP contribution in [0.3, 0.4) is 0 Å². The van der Waals surface area contributed by atoms with E-state index in [1.54, 1.807) is 30.3 Å². The van der Waals surface area contributed by atoms with Crippen LogP contribution in [-0.4, -0.2) is 24.1 Å². The first kappa shape index (κ1) is 16.4. The van der Waals surface area contributed by atoms with Gasteiger partial charge in [-0.2, -0.15) is 0 Å². The Morgan fingerprint density at radius 1 is 1.30 bits per heavy atom. The topological polar surface area (TPSA) is 79.3 Å². The Labute approximate surface area is 140 Å². The van der Waals surface area contributed by atoms with Gasteiger partial charge in [0.2, 0.25) is 0 Å². The van der Waals surface area contributed by atoms with Crippen molar-refractivity contribution in [2.45, 2.75) is 43.6 Å². The van der Waals surface area contributed by atoms with Crippen molar-refractivity contribution in [3.05, 3.63) is 40.9 Å². The molecule has 0 radical (unpaired) electrons. The molecule has 1 aliphatic rings. The van der Waals surface area contributed by atoms with Crippen molar-refractivity contribution >= 4 is 26.5 Å². The fourth-order valence-corrected chi connectivity index (χ4v) is 5.14. The molecule has 5 nitrogen and oxygen atoms in total. The molecule has 1 aliphatic carbocycles. The number of sulfonamides is 1. The minimum Gasteiger partial charge on any atom is -0.390 e. The molecule has 0 saturated carbocycles. The van der Waals surface area contributed by atoms with Crippen LogP contribution in [0.1, 0.15) is 30.8 Å². The lowest BCUT2D eigenvalue weighted by Gasteiger charge is -2.31. The minimum absolute atomic E-state index is 0.175. The van der Waals surface area contributed by atoms with Gasteiger partial charge in [0.05, 0.1) is 16.2 Å². The van der Waals surface area contributed by atoms with Crippen LogP contribution in [0.15, 0.2) is 35.2 Å². The molecule has 1 unspecified atom stereocenters. The number of aromatic nitrogens is 1.